The molecule has 1 aliphatic carbocycles. The van der Waals surface area contributed by atoms with Crippen LogP contribution in [0.3, 0.4) is 0 Å². The molecule has 0 bridgehead atoms. The Labute approximate surface area is 105 Å². The first kappa shape index (κ1) is 13.2. The number of hydrogen-bond acceptors (Lipinski definition) is 1. The maximum atomic E-state index is 12.8. The number of para-hydroxylation sites is 1. The summed E-state index contributed by atoms with van der Waals surface area (Å²) >= 11 is 0. The number of benzene rings is 1. The summed E-state index contributed by atoms with van der Waals surface area (Å²) in [7, 11) is 0. The van der Waals surface area contributed by atoms with Gasteiger partial charge in [0.25, 0.3) is 0 Å². The molecule has 0 aliphatic heterocycles. The minimum absolute atomic E-state index is 0.198. The molecule has 1 saturated carbocycles. The van der Waals surface area contributed by atoms with Gasteiger partial charge in [0.15, 0.2) is 0 Å². The van der Waals surface area contributed by atoms with Crippen molar-refractivity contribution in [2.24, 2.45) is 11.8 Å². The van der Waals surface area contributed by atoms with Gasteiger partial charge in [0.1, 0.15) is 0 Å². The van der Waals surface area contributed by atoms with Gasteiger partial charge in [-0.25, -0.2) is 0 Å². The lowest BCUT2D eigenvalue weighted by atomic mass is 9.98. The van der Waals surface area contributed by atoms with Crippen molar-refractivity contribution in [1.29, 1.82) is 0 Å². The summed E-state index contributed by atoms with van der Waals surface area (Å²) in [6.45, 7) is 2.81. The maximum absolute atomic E-state index is 12.8. The topological polar surface area (TPSA) is 12.0 Å². The van der Waals surface area contributed by atoms with Crippen LogP contribution in [0.2, 0.25) is 0 Å². The van der Waals surface area contributed by atoms with Gasteiger partial charge in [-0.3, -0.25) is 0 Å². The molecule has 4 heteroatoms. The third-order valence-corrected chi connectivity index (χ3v) is 3.83. The van der Waals surface area contributed by atoms with Crippen LogP contribution in [-0.2, 0) is 6.18 Å². The molecule has 0 amide bonds. The highest BCUT2D eigenvalue weighted by Crippen LogP contribution is 2.36. The van der Waals surface area contributed by atoms with Gasteiger partial charge in [0, 0.05) is 12.2 Å². The first-order valence-electron chi connectivity index (χ1n) is 6.38. The number of alkyl halides is 3. The lowest BCUT2D eigenvalue weighted by molar-refractivity contribution is -0.136. The quantitative estimate of drug-likeness (QED) is 0.837. The van der Waals surface area contributed by atoms with Crippen molar-refractivity contribution < 1.29 is 13.2 Å². The molecule has 1 nitrogen and oxygen atoms in total. The van der Waals surface area contributed by atoms with Crippen LogP contribution in [0.25, 0.3) is 0 Å². The van der Waals surface area contributed by atoms with E-state index in [1.807, 2.05) is 0 Å². The second-order valence-corrected chi connectivity index (χ2v) is 5.09. The first-order valence-corrected chi connectivity index (χ1v) is 6.38. The molecule has 1 aromatic carbocycles. The van der Waals surface area contributed by atoms with Gasteiger partial charge in [-0.05, 0) is 30.4 Å². The van der Waals surface area contributed by atoms with Gasteiger partial charge in [-0.2, -0.15) is 13.2 Å². The van der Waals surface area contributed by atoms with Crippen molar-refractivity contribution in [3.63, 3.8) is 0 Å². The minimum Gasteiger partial charge on any atom is -0.384 e. The molecule has 0 heterocycles. The van der Waals surface area contributed by atoms with Gasteiger partial charge in [0.05, 0.1) is 5.56 Å². The van der Waals surface area contributed by atoms with E-state index in [2.05, 4.69) is 12.2 Å². The Hall–Kier alpha value is -1.19. The zero-order chi connectivity index (χ0) is 13.2. The van der Waals surface area contributed by atoms with Crippen LogP contribution in [0.1, 0.15) is 31.7 Å². The Kier molecular flexibility index (Phi) is 3.83. The second-order valence-electron chi connectivity index (χ2n) is 5.09. The number of rotatable bonds is 3. The predicted octanol–water partition coefficient (Wildman–Crippen LogP) is 4.55. The van der Waals surface area contributed by atoms with Gasteiger partial charge >= 0.3 is 6.18 Å². The van der Waals surface area contributed by atoms with E-state index in [0.717, 1.165) is 12.5 Å². The number of halogens is 3. The molecule has 1 aliphatic rings. The summed E-state index contributed by atoms with van der Waals surface area (Å²) < 4.78 is 38.4. The molecule has 0 radical (unpaired) electrons. The monoisotopic (exact) mass is 257 g/mol. The Morgan fingerprint density at radius 2 is 1.94 bits per heavy atom. The summed E-state index contributed by atoms with van der Waals surface area (Å²) in [4.78, 5) is 0. The zero-order valence-corrected chi connectivity index (χ0v) is 10.4. The molecular formula is C14H18F3N. The summed E-state index contributed by atoms with van der Waals surface area (Å²) in [5.74, 6) is 1.10. The van der Waals surface area contributed by atoms with Gasteiger partial charge < -0.3 is 5.32 Å². The highest BCUT2D eigenvalue weighted by atomic mass is 19.4. The number of hydrogen-bond donors (Lipinski definition) is 1. The Bertz CT molecular complexity index is 400. The summed E-state index contributed by atoms with van der Waals surface area (Å²) in [6.07, 6.45) is -0.797. The van der Waals surface area contributed by atoms with Crippen molar-refractivity contribution in [2.75, 3.05) is 11.9 Å². The van der Waals surface area contributed by atoms with Gasteiger partial charge in [-0.1, -0.05) is 31.9 Å². The molecule has 0 saturated heterocycles. The fourth-order valence-electron chi connectivity index (χ4n) is 2.65. The average molecular weight is 257 g/mol. The molecule has 2 atom stereocenters. The van der Waals surface area contributed by atoms with Crippen LogP contribution in [0, 0.1) is 11.8 Å². The first-order chi connectivity index (χ1) is 8.48. The molecule has 2 unspecified atom stereocenters. The fraction of sp³-hybridized carbons (Fsp3) is 0.571. The number of nitrogens with one attached hydrogen (secondary N) is 1. The van der Waals surface area contributed by atoms with Crippen LogP contribution in [-0.4, -0.2) is 6.54 Å². The van der Waals surface area contributed by atoms with Crippen molar-refractivity contribution >= 4 is 5.69 Å². The van der Waals surface area contributed by atoms with Crippen LogP contribution in [0.4, 0.5) is 18.9 Å². The van der Waals surface area contributed by atoms with Gasteiger partial charge in [-0.15, -0.1) is 0 Å². The van der Waals surface area contributed by atoms with E-state index in [0.29, 0.717) is 18.4 Å². The van der Waals surface area contributed by atoms with E-state index in [9.17, 15) is 13.2 Å². The van der Waals surface area contributed by atoms with Crippen molar-refractivity contribution in [3.05, 3.63) is 29.8 Å². The molecular weight excluding hydrogens is 239 g/mol. The van der Waals surface area contributed by atoms with Crippen molar-refractivity contribution in [2.45, 2.75) is 32.4 Å². The molecule has 0 spiro atoms. The third-order valence-electron chi connectivity index (χ3n) is 3.83. The normalized spacial score (nSPS) is 24.2. The largest absolute Gasteiger partial charge is 0.418 e. The zero-order valence-electron chi connectivity index (χ0n) is 10.4. The van der Waals surface area contributed by atoms with E-state index in [1.54, 1.807) is 6.07 Å². The fourth-order valence-corrected chi connectivity index (χ4v) is 2.65. The molecule has 1 aromatic rings. The van der Waals surface area contributed by atoms with Crippen molar-refractivity contribution in [1.82, 2.24) is 0 Å². The smallest absolute Gasteiger partial charge is 0.384 e. The lowest BCUT2D eigenvalue weighted by Gasteiger charge is -2.19. The highest BCUT2D eigenvalue weighted by molar-refractivity contribution is 5.52. The molecule has 100 valence electrons. The van der Waals surface area contributed by atoms with Crippen molar-refractivity contribution in [3.8, 4) is 0 Å². The summed E-state index contributed by atoms with van der Waals surface area (Å²) in [5.41, 5.74) is -0.375. The summed E-state index contributed by atoms with van der Waals surface area (Å²) in [6, 6.07) is 5.69. The van der Waals surface area contributed by atoms with E-state index in [-0.39, 0.29) is 5.69 Å². The predicted molar refractivity (Wildman–Crippen MR) is 66.4 cm³/mol. The van der Waals surface area contributed by atoms with E-state index >= 15 is 0 Å². The van der Waals surface area contributed by atoms with Crippen LogP contribution < -0.4 is 5.32 Å². The van der Waals surface area contributed by atoms with Crippen LogP contribution in [0.5, 0.6) is 0 Å². The Morgan fingerprint density at radius 3 is 2.56 bits per heavy atom. The standard InChI is InChI=1S/C14H18F3N/c1-10-5-4-6-11(10)9-18-13-8-3-2-7-12(13)14(15,16)17/h2-3,7-8,10-11,18H,4-6,9H2,1H3. The average Bonchev–Trinajstić information content (AvgIpc) is 2.71. The molecule has 0 aromatic heterocycles. The van der Waals surface area contributed by atoms with Crippen LogP contribution >= 0.6 is 0 Å². The number of anilines is 1. The SMILES string of the molecule is CC1CCCC1CNc1ccccc1C(F)(F)F. The third kappa shape index (κ3) is 2.98. The Balaban J connectivity index is 2.05. The molecule has 2 rings (SSSR count). The maximum Gasteiger partial charge on any atom is 0.418 e. The van der Waals surface area contributed by atoms with E-state index in [1.165, 1.54) is 25.0 Å². The Morgan fingerprint density at radius 1 is 1.22 bits per heavy atom. The lowest BCUT2D eigenvalue weighted by Crippen LogP contribution is -2.18. The molecule has 18 heavy (non-hydrogen) atoms. The van der Waals surface area contributed by atoms with E-state index in [4.69, 9.17) is 0 Å². The summed E-state index contributed by atoms with van der Waals surface area (Å²) in [5, 5.41) is 2.97. The van der Waals surface area contributed by atoms with Gasteiger partial charge in [0.2, 0.25) is 0 Å². The highest BCUT2D eigenvalue weighted by Gasteiger charge is 2.33. The second kappa shape index (κ2) is 5.21. The molecule has 1 fully saturated rings. The van der Waals surface area contributed by atoms with Crippen LogP contribution in [0.15, 0.2) is 24.3 Å². The minimum atomic E-state index is -4.29. The van der Waals surface area contributed by atoms with E-state index < -0.39 is 11.7 Å². The molecule has 1 N–H and O–H groups in total.